The van der Waals surface area contributed by atoms with Gasteiger partial charge in [-0.05, 0) is 24.2 Å². The van der Waals surface area contributed by atoms with Gasteiger partial charge < -0.3 is 10.6 Å². The van der Waals surface area contributed by atoms with Gasteiger partial charge in [-0.25, -0.2) is 9.97 Å². The van der Waals surface area contributed by atoms with Crippen LogP contribution in [0.1, 0.15) is 53.5 Å². The molecule has 4 heteroatoms. The Balaban J connectivity index is 2.84. The lowest BCUT2D eigenvalue weighted by molar-refractivity contribution is 0.269. The summed E-state index contributed by atoms with van der Waals surface area (Å²) in [7, 11) is 0. The highest BCUT2D eigenvalue weighted by molar-refractivity contribution is 5.57. The van der Waals surface area contributed by atoms with Crippen LogP contribution >= 0.6 is 0 Å². The van der Waals surface area contributed by atoms with Crippen molar-refractivity contribution in [1.29, 1.82) is 0 Å². The Hall–Kier alpha value is -1.32. The Morgan fingerprint density at radius 1 is 1.10 bits per heavy atom. The Morgan fingerprint density at radius 2 is 1.70 bits per heavy atom. The Labute approximate surface area is 123 Å². The minimum atomic E-state index is 0.243. The second kappa shape index (κ2) is 7.46. The molecule has 0 aliphatic rings. The largest absolute Gasteiger partial charge is 0.370 e. The third-order valence-corrected chi connectivity index (χ3v) is 4.12. The number of nitrogens with one attached hydrogen (secondary N) is 2. The molecule has 0 saturated heterocycles. The molecule has 0 spiro atoms. The van der Waals surface area contributed by atoms with E-state index in [1.54, 1.807) is 6.33 Å². The topological polar surface area (TPSA) is 49.8 Å². The Morgan fingerprint density at radius 3 is 2.20 bits per heavy atom. The van der Waals surface area contributed by atoms with Crippen LogP contribution in [0, 0.1) is 11.3 Å². The summed E-state index contributed by atoms with van der Waals surface area (Å²) >= 11 is 0. The van der Waals surface area contributed by atoms with Gasteiger partial charge >= 0.3 is 0 Å². The highest BCUT2D eigenvalue weighted by atomic mass is 15.1. The van der Waals surface area contributed by atoms with E-state index in [1.165, 1.54) is 5.56 Å². The first-order valence-electron chi connectivity index (χ1n) is 7.74. The van der Waals surface area contributed by atoms with Gasteiger partial charge in [0, 0.05) is 18.7 Å². The first-order valence-corrected chi connectivity index (χ1v) is 7.74. The minimum absolute atomic E-state index is 0.243. The van der Waals surface area contributed by atoms with Crippen LogP contribution in [-0.2, 0) is 6.42 Å². The fraction of sp³-hybridized carbons (Fsp3) is 0.750. The molecule has 0 unspecified atom stereocenters. The average Bonchev–Trinajstić information content (AvgIpc) is 2.42. The van der Waals surface area contributed by atoms with Crippen LogP contribution in [0.25, 0.3) is 0 Å². The van der Waals surface area contributed by atoms with Gasteiger partial charge in [0.1, 0.15) is 18.0 Å². The number of hydrogen-bond donors (Lipinski definition) is 2. The summed E-state index contributed by atoms with van der Waals surface area (Å²) in [6.45, 7) is 15.3. The van der Waals surface area contributed by atoms with Gasteiger partial charge in [0.25, 0.3) is 0 Å². The van der Waals surface area contributed by atoms with Crippen molar-refractivity contribution in [3.8, 4) is 0 Å². The first kappa shape index (κ1) is 16.7. The second-order valence-electron chi connectivity index (χ2n) is 6.33. The van der Waals surface area contributed by atoms with E-state index in [2.05, 4.69) is 62.1 Å². The molecule has 0 aliphatic carbocycles. The molecule has 0 amide bonds. The van der Waals surface area contributed by atoms with Crippen LogP contribution in [0.15, 0.2) is 6.33 Å². The molecule has 0 saturated carbocycles. The monoisotopic (exact) mass is 278 g/mol. The fourth-order valence-electron chi connectivity index (χ4n) is 1.81. The molecule has 1 heterocycles. The van der Waals surface area contributed by atoms with E-state index < -0.39 is 0 Å². The van der Waals surface area contributed by atoms with Crippen molar-refractivity contribution in [2.24, 2.45) is 11.3 Å². The van der Waals surface area contributed by atoms with E-state index in [0.717, 1.165) is 37.6 Å². The van der Waals surface area contributed by atoms with E-state index >= 15 is 0 Å². The first-order chi connectivity index (χ1) is 9.42. The smallest absolute Gasteiger partial charge is 0.134 e. The lowest BCUT2D eigenvalue weighted by Gasteiger charge is -2.30. The maximum atomic E-state index is 4.42. The van der Waals surface area contributed by atoms with Crippen LogP contribution < -0.4 is 10.6 Å². The normalized spacial score (nSPS) is 11.8. The van der Waals surface area contributed by atoms with Crippen LogP contribution in [0.4, 0.5) is 11.6 Å². The van der Waals surface area contributed by atoms with Crippen molar-refractivity contribution in [2.45, 2.75) is 54.4 Å². The molecule has 1 aromatic heterocycles. The van der Waals surface area contributed by atoms with Gasteiger partial charge in [0.2, 0.25) is 0 Å². The number of hydrogen-bond acceptors (Lipinski definition) is 4. The van der Waals surface area contributed by atoms with Crippen LogP contribution in [-0.4, -0.2) is 23.1 Å². The quantitative estimate of drug-likeness (QED) is 0.756. The maximum Gasteiger partial charge on any atom is 0.134 e. The summed E-state index contributed by atoms with van der Waals surface area (Å²) < 4.78 is 0. The van der Waals surface area contributed by atoms with Crippen molar-refractivity contribution in [1.82, 2.24) is 9.97 Å². The summed E-state index contributed by atoms with van der Waals surface area (Å²) in [5.74, 6) is 2.56. The zero-order chi connectivity index (χ0) is 15.2. The summed E-state index contributed by atoms with van der Waals surface area (Å²) in [6.07, 6.45) is 3.66. The van der Waals surface area contributed by atoms with Gasteiger partial charge in [-0.1, -0.05) is 41.5 Å². The molecule has 1 aromatic rings. The molecule has 1 rings (SSSR count). The molecule has 0 aliphatic heterocycles. The zero-order valence-corrected chi connectivity index (χ0v) is 13.9. The van der Waals surface area contributed by atoms with Crippen molar-refractivity contribution in [3.63, 3.8) is 0 Å². The SMILES string of the molecule is CCCNc1ncnc(NCC(C)(C)C(C)C)c1CC. The summed E-state index contributed by atoms with van der Waals surface area (Å²) in [6, 6.07) is 0. The second-order valence-corrected chi connectivity index (χ2v) is 6.33. The third kappa shape index (κ3) is 4.36. The molecule has 2 N–H and O–H groups in total. The van der Waals surface area contributed by atoms with E-state index in [9.17, 15) is 0 Å². The molecular formula is C16H30N4. The molecule has 0 radical (unpaired) electrons. The lowest BCUT2D eigenvalue weighted by atomic mass is 9.81. The summed E-state index contributed by atoms with van der Waals surface area (Å²) in [5, 5.41) is 6.89. The molecule has 0 atom stereocenters. The Bertz CT molecular complexity index is 413. The summed E-state index contributed by atoms with van der Waals surface area (Å²) in [4.78, 5) is 8.78. The lowest BCUT2D eigenvalue weighted by Crippen LogP contribution is -2.29. The Kier molecular flexibility index (Phi) is 6.24. The number of rotatable bonds is 8. The number of anilines is 2. The van der Waals surface area contributed by atoms with Crippen molar-refractivity contribution in [2.75, 3.05) is 23.7 Å². The highest BCUT2D eigenvalue weighted by Crippen LogP contribution is 2.27. The number of aromatic nitrogens is 2. The van der Waals surface area contributed by atoms with E-state index in [-0.39, 0.29) is 5.41 Å². The van der Waals surface area contributed by atoms with Gasteiger partial charge in [-0.2, -0.15) is 0 Å². The van der Waals surface area contributed by atoms with Gasteiger partial charge in [-0.3, -0.25) is 0 Å². The molecule has 4 nitrogen and oxygen atoms in total. The fourth-order valence-corrected chi connectivity index (χ4v) is 1.81. The van der Waals surface area contributed by atoms with E-state index in [1.807, 2.05) is 0 Å². The van der Waals surface area contributed by atoms with Crippen LogP contribution in [0.2, 0.25) is 0 Å². The standard InChI is InChI=1S/C16H30N4/c1-7-9-17-14-13(8-2)15(20-11-19-14)18-10-16(5,6)12(3)4/h11-12H,7-10H2,1-6H3,(H2,17,18,19,20). The molecule has 114 valence electrons. The van der Waals surface area contributed by atoms with Crippen LogP contribution in [0.3, 0.4) is 0 Å². The highest BCUT2D eigenvalue weighted by Gasteiger charge is 2.22. The van der Waals surface area contributed by atoms with Crippen molar-refractivity contribution in [3.05, 3.63) is 11.9 Å². The van der Waals surface area contributed by atoms with E-state index in [0.29, 0.717) is 5.92 Å². The van der Waals surface area contributed by atoms with Gasteiger partial charge in [0.05, 0.1) is 0 Å². The zero-order valence-electron chi connectivity index (χ0n) is 13.9. The predicted molar refractivity (Wildman–Crippen MR) is 87.3 cm³/mol. The molecule has 0 aromatic carbocycles. The molecule has 20 heavy (non-hydrogen) atoms. The minimum Gasteiger partial charge on any atom is -0.370 e. The maximum absolute atomic E-state index is 4.42. The summed E-state index contributed by atoms with van der Waals surface area (Å²) in [5.41, 5.74) is 1.42. The molecular weight excluding hydrogens is 248 g/mol. The third-order valence-electron chi connectivity index (χ3n) is 4.12. The number of nitrogens with zero attached hydrogens (tertiary/aromatic N) is 2. The average molecular weight is 278 g/mol. The van der Waals surface area contributed by atoms with E-state index in [4.69, 9.17) is 0 Å². The molecule has 0 bridgehead atoms. The van der Waals surface area contributed by atoms with Crippen molar-refractivity contribution < 1.29 is 0 Å². The predicted octanol–water partition coefficient (Wildman–Crippen LogP) is 3.96. The van der Waals surface area contributed by atoms with Crippen molar-refractivity contribution >= 4 is 11.6 Å². The molecule has 0 fully saturated rings. The van der Waals surface area contributed by atoms with Crippen LogP contribution in [0.5, 0.6) is 0 Å². The van der Waals surface area contributed by atoms with Gasteiger partial charge in [0.15, 0.2) is 0 Å². The van der Waals surface area contributed by atoms with Gasteiger partial charge in [-0.15, -0.1) is 0 Å².